The Labute approximate surface area is 114 Å². The zero-order valence-electron chi connectivity index (χ0n) is 11.7. The standard InChI is InChI=1S/C14H24N2O3/c1-3-8-16(11-13(17)18)14(19)15-9-5-6-12(4-2)7-10-15/h3,12H,1,4-11H2,2H3,(H,17,18). The van der Waals surface area contributed by atoms with Crippen LogP contribution in [0.3, 0.4) is 0 Å². The van der Waals surface area contributed by atoms with Crippen molar-refractivity contribution in [1.82, 2.24) is 9.80 Å². The molecule has 0 radical (unpaired) electrons. The maximum Gasteiger partial charge on any atom is 0.323 e. The number of carboxylic acid groups (broad SMARTS) is 1. The Morgan fingerprint density at radius 3 is 2.74 bits per heavy atom. The Morgan fingerprint density at radius 1 is 1.42 bits per heavy atom. The molecule has 0 aromatic heterocycles. The predicted molar refractivity (Wildman–Crippen MR) is 74.0 cm³/mol. The minimum atomic E-state index is -0.989. The fourth-order valence-corrected chi connectivity index (χ4v) is 2.49. The molecule has 1 rings (SSSR count). The highest BCUT2D eigenvalue weighted by Crippen LogP contribution is 2.20. The Hall–Kier alpha value is -1.52. The van der Waals surface area contributed by atoms with E-state index in [9.17, 15) is 9.59 Å². The number of hydrogen-bond donors (Lipinski definition) is 1. The number of hydrogen-bond acceptors (Lipinski definition) is 2. The Morgan fingerprint density at radius 2 is 2.16 bits per heavy atom. The zero-order valence-corrected chi connectivity index (χ0v) is 11.7. The van der Waals surface area contributed by atoms with Crippen molar-refractivity contribution in [3.8, 4) is 0 Å². The van der Waals surface area contributed by atoms with Gasteiger partial charge in [-0.1, -0.05) is 19.4 Å². The fraction of sp³-hybridized carbons (Fsp3) is 0.714. The van der Waals surface area contributed by atoms with Crippen LogP contribution in [0.4, 0.5) is 4.79 Å². The fourth-order valence-electron chi connectivity index (χ4n) is 2.49. The van der Waals surface area contributed by atoms with Crippen LogP contribution in [0.15, 0.2) is 12.7 Å². The van der Waals surface area contributed by atoms with Crippen molar-refractivity contribution in [2.45, 2.75) is 32.6 Å². The molecule has 0 aromatic rings. The molecule has 0 bridgehead atoms. The number of aliphatic carboxylic acids is 1. The molecule has 2 amide bonds. The van der Waals surface area contributed by atoms with E-state index in [0.717, 1.165) is 38.8 Å². The monoisotopic (exact) mass is 268 g/mol. The second kappa shape index (κ2) is 7.81. The van der Waals surface area contributed by atoms with Gasteiger partial charge >= 0.3 is 12.0 Å². The summed E-state index contributed by atoms with van der Waals surface area (Å²) in [6.45, 7) is 7.21. The lowest BCUT2D eigenvalue weighted by Gasteiger charge is -2.28. The minimum Gasteiger partial charge on any atom is -0.480 e. The maximum absolute atomic E-state index is 12.3. The Bertz CT molecular complexity index is 331. The number of amides is 2. The summed E-state index contributed by atoms with van der Waals surface area (Å²) in [6.07, 6.45) is 5.87. The molecule has 1 saturated heterocycles. The summed E-state index contributed by atoms with van der Waals surface area (Å²) in [4.78, 5) is 26.2. The first-order valence-corrected chi connectivity index (χ1v) is 6.95. The van der Waals surface area contributed by atoms with Crippen molar-refractivity contribution in [3.63, 3.8) is 0 Å². The van der Waals surface area contributed by atoms with Gasteiger partial charge in [-0.3, -0.25) is 4.79 Å². The number of urea groups is 1. The van der Waals surface area contributed by atoms with Crippen LogP contribution in [-0.4, -0.2) is 53.1 Å². The van der Waals surface area contributed by atoms with Gasteiger partial charge < -0.3 is 14.9 Å². The molecule has 0 spiro atoms. The van der Waals surface area contributed by atoms with Crippen molar-refractivity contribution >= 4 is 12.0 Å². The van der Waals surface area contributed by atoms with E-state index in [2.05, 4.69) is 13.5 Å². The molecule has 1 atom stereocenters. The first-order valence-electron chi connectivity index (χ1n) is 6.95. The minimum absolute atomic E-state index is 0.181. The van der Waals surface area contributed by atoms with Crippen molar-refractivity contribution in [3.05, 3.63) is 12.7 Å². The third-order valence-corrected chi connectivity index (χ3v) is 3.64. The van der Waals surface area contributed by atoms with E-state index in [-0.39, 0.29) is 19.1 Å². The second-order valence-electron chi connectivity index (χ2n) is 5.04. The molecule has 5 heteroatoms. The van der Waals surface area contributed by atoms with Gasteiger partial charge in [-0.15, -0.1) is 6.58 Å². The van der Waals surface area contributed by atoms with Gasteiger partial charge in [0.15, 0.2) is 0 Å². The average Bonchev–Trinajstić information content (AvgIpc) is 2.62. The van der Waals surface area contributed by atoms with E-state index in [1.54, 1.807) is 11.0 Å². The Kier molecular flexibility index (Phi) is 6.39. The number of carboxylic acids is 1. The lowest BCUT2D eigenvalue weighted by molar-refractivity contribution is -0.137. The number of rotatable bonds is 5. The van der Waals surface area contributed by atoms with E-state index < -0.39 is 5.97 Å². The van der Waals surface area contributed by atoms with Crippen LogP contribution >= 0.6 is 0 Å². The van der Waals surface area contributed by atoms with E-state index in [4.69, 9.17) is 5.11 Å². The molecule has 0 aliphatic carbocycles. The summed E-state index contributed by atoms with van der Waals surface area (Å²) in [7, 11) is 0. The smallest absolute Gasteiger partial charge is 0.323 e. The van der Waals surface area contributed by atoms with Gasteiger partial charge in [-0.05, 0) is 25.2 Å². The summed E-state index contributed by atoms with van der Waals surface area (Å²) in [5.74, 6) is -0.304. The third-order valence-electron chi connectivity index (χ3n) is 3.64. The van der Waals surface area contributed by atoms with Gasteiger partial charge in [0, 0.05) is 19.6 Å². The molecule has 5 nitrogen and oxygen atoms in total. The van der Waals surface area contributed by atoms with Gasteiger partial charge in [0.25, 0.3) is 0 Å². The second-order valence-corrected chi connectivity index (χ2v) is 5.04. The van der Waals surface area contributed by atoms with Crippen LogP contribution in [0, 0.1) is 5.92 Å². The maximum atomic E-state index is 12.3. The third kappa shape index (κ3) is 4.93. The summed E-state index contributed by atoms with van der Waals surface area (Å²) in [5.41, 5.74) is 0. The molecule has 1 unspecified atom stereocenters. The summed E-state index contributed by atoms with van der Waals surface area (Å²) in [5, 5.41) is 8.85. The van der Waals surface area contributed by atoms with Crippen molar-refractivity contribution in [2.75, 3.05) is 26.2 Å². The van der Waals surface area contributed by atoms with Gasteiger partial charge in [-0.2, -0.15) is 0 Å². The first kappa shape index (κ1) is 15.5. The average molecular weight is 268 g/mol. The SMILES string of the molecule is C=CCN(CC(=O)O)C(=O)N1CCCC(CC)CC1. The largest absolute Gasteiger partial charge is 0.480 e. The van der Waals surface area contributed by atoms with Gasteiger partial charge in [0.2, 0.25) is 0 Å². The molecule has 1 aliphatic rings. The number of carbonyl (C=O) groups is 2. The van der Waals surface area contributed by atoms with E-state index in [1.165, 1.54) is 4.90 Å². The molecule has 1 aliphatic heterocycles. The highest BCUT2D eigenvalue weighted by atomic mass is 16.4. The summed E-state index contributed by atoms with van der Waals surface area (Å²) < 4.78 is 0. The molecular weight excluding hydrogens is 244 g/mol. The highest BCUT2D eigenvalue weighted by molar-refractivity contribution is 5.80. The quantitative estimate of drug-likeness (QED) is 0.777. The van der Waals surface area contributed by atoms with Gasteiger partial charge in [0.05, 0.1) is 0 Å². The molecule has 19 heavy (non-hydrogen) atoms. The van der Waals surface area contributed by atoms with E-state index in [1.807, 2.05) is 0 Å². The summed E-state index contributed by atoms with van der Waals surface area (Å²) >= 11 is 0. The lowest BCUT2D eigenvalue weighted by atomic mass is 9.98. The Balaban J connectivity index is 2.62. The highest BCUT2D eigenvalue weighted by Gasteiger charge is 2.24. The van der Waals surface area contributed by atoms with Crippen molar-refractivity contribution in [2.24, 2.45) is 5.92 Å². The number of likely N-dealkylation sites (tertiary alicyclic amines) is 1. The van der Waals surface area contributed by atoms with Crippen LogP contribution in [0.5, 0.6) is 0 Å². The van der Waals surface area contributed by atoms with E-state index >= 15 is 0 Å². The van der Waals surface area contributed by atoms with E-state index in [0.29, 0.717) is 5.92 Å². The molecule has 0 aromatic carbocycles. The molecular formula is C14H24N2O3. The van der Waals surface area contributed by atoms with Gasteiger partial charge in [-0.25, -0.2) is 4.79 Å². The normalized spacial score (nSPS) is 19.6. The first-order chi connectivity index (χ1) is 9.08. The van der Waals surface area contributed by atoms with Crippen LogP contribution in [0.2, 0.25) is 0 Å². The lowest BCUT2D eigenvalue weighted by Crippen LogP contribution is -2.45. The van der Waals surface area contributed by atoms with Crippen LogP contribution in [0.1, 0.15) is 32.6 Å². The topological polar surface area (TPSA) is 60.9 Å². The predicted octanol–water partition coefficient (Wildman–Crippen LogP) is 2.19. The number of nitrogens with zero attached hydrogens (tertiary/aromatic N) is 2. The van der Waals surface area contributed by atoms with Crippen LogP contribution < -0.4 is 0 Å². The van der Waals surface area contributed by atoms with Crippen molar-refractivity contribution < 1.29 is 14.7 Å². The zero-order chi connectivity index (χ0) is 14.3. The number of carbonyl (C=O) groups excluding carboxylic acids is 1. The van der Waals surface area contributed by atoms with Gasteiger partial charge in [0.1, 0.15) is 6.54 Å². The van der Waals surface area contributed by atoms with Crippen LogP contribution in [-0.2, 0) is 4.79 Å². The molecule has 0 saturated carbocycles. The molecule has 1 fully saturated rings. The molecule has 1 heterocycles. The van der Waals surface area contributed by atoms with Crippen molar-refractivity contribution in [1.29, 1.82) is 0 Å². The van der Waals surface area contributed by atoms with Crippen LogP contribution in [0.25, 0.3) is 0 Å². The molecule has 108 valence electrons. The molecule has 1 N–H and O–H groups in total. The summed E-state index contributed by atoms with van der Waals surface area (Å²) in [6, 6.07) is -0.181.